The fraction of sp³-hybridized carbons (Fsp3) is 0.100. The van der Waals surface area contributed by atoms with E-state index >= 15 is 0 Å². The molecule has 0 saturated carbocycles. The van der Waals surface area contributed by atoms with E-state index in [2.05, 4.69) is 70.3 Å². The molecule has 0 bridgehead atoms. The Kier molecular flexibility index (Phi) is 6.96. The number of phenols is 1. The molecule has 2 heterocycles. The van der Waals surface area contributed by atoms with E-state index in [1.165, 1.54) is 71.0 Å². The summed E-state index contributed by atoms with van der Waals surface area (Å²) in [6.45, 7) is 4.85. The van der Waals surface area contributed by atoms with Gasteiger partial charge in [0.25, 0.3) is 0 Å². The Morgan fingerprint density at radius 2 is 1.62 bits per heavy atom. The third kappa shape index (κ3) is 5.28. The van der Waals surface area contributed by atoms with Gasteiger partial charge < -0.3 is 19.6 Å². The number of ether oxygens (including phenoxy) is 2. The van der Waals surface area contributed by atoms with Gasteiger partial charge in [0.15, 0.2) is 0 Å². The zero-order chi connectivity index (χ0) is 27.5. The predicted molar refractivity (Wildman–Crippen MR) is 147 cm³/mol. The number of aromatic amines is 1. The monoisotopic (exact) mass is 524 g/mol. The largest absolute Gasteiger partial charge is 0.505 e. The molecule has 39 heavy (non-hydrogen) atoms. The van der Waals surface area contributed by atoms with Crippen LogP contribution in [0.4, 0.5) is 4.39 Å². The minimum absolute atomic E-state index is 0.180. The van der Waals surface area contributed by atoms with Crippen LogP contribution < -0.4 is 4.74 Å². The Morgan fingerprint density at radius 1 is 0.974 bits per heavy atom. The number of nitrogens with zero attached hydrogens (tertiary/aromatic N) is 3. The fourth-order valence-electron chi connectivity index (χ4n) is 4.09. The third-order valence-electron chi connectivity index (χ3n) is 6.06. The molecule has 6 aromatic rings. The topological polar surface area (TPSA) is 102 Å². The van der Waals surface area contributed by atoms with E-state index in [4.69, 9.17) is 9.47 Å². The molecule has 4 aromatic carbocycles. The second-order valence-electron chi connectivity index (χ2n) is 8.85. The van der Waals surface area contributed by atoms with Crippen LogP contribution in [0.3, 0.4) is 0 Å². The minimum Gasteiger partial charge on any atom is -0.505 e. The lowest BCUT2D eigenvalue weighted by molar-refractivity contribution is -0.140. The van der Waals surface area contributed by atoms with Gasteiger partial charge in [-0.15, -0.1) is 15.0 Å². The first-order valence-electron chi connectivity index (χ1n) is 12.0. The zero-order valence-corrected chi connectivity index (χ0v) is 21.3. The van der Waals surface area contributed by atoms with E-state index in [1.807, 2.05) is 0 Å². The van der Waals surface area contributed by atoms with Gasteiger partial charge in [-0.3, -0.25) is 0 Å². The number of carbonyl (C=O) groups is 1. The van der Waals surface area contributed by atoms with Crippen molar-refractivity contribution < 1.29 is 23.8 Å². The molecular weight excluding hydrogens is 499 g/mol. The maximum absolute atomic E-state index is 13.3. The molecule has 0 aliphatic rings. The van der Waals surface area contributed by atoms with Gasteiger partial charge in [-0.05, 0) is 37.3 Å². The Balaban J connectivity index is 0.000000196. The first-order chi connectivity index (χ1) is 18.8. The van der Waals surface area contributed by atoms with E-state index in [-0.39, 0.29) is 23.6 Å². The van der Waals surface area contributed by atoms with E-state index in [9.17, 15) is 14.3 Å². The molecule has 2 aromatic heterocycles. The molecule has 0 radical (unpaired) electrons. The fourth-order valence-corrected chi connectivity index (χ4v) is 4.09. The summed E-state index contributed by atoms with van der Waals surface area (Å²) in [5.41, 5.74) is 3.98. The molecule has 0 unspecified atom stereocenters. The highest BCUT2D eigenvalue weighted by molar-refractivity contribution is 6.06. The van der Waals surface area contributed by atoms with Crippen LogP contribution >= 0.6 is 0 Å². The Morgan fingerprint density at radius 3 is 2.26 bits per heavy atom. The summed E-state index contributed by atoms with van der Waals surface area (Å²) in [6.07, 6.45) is 0. The lowest BCUT2D eigenvalue weighted by atomic mass is 10.1. The summed E-state index contributed by atoms with van der Waals surface area (Å²) in [6, 6.07) is 23.8. The highest BCUT2D eigenvalue weighted by atomic mass is 19.1. The second-order valence-corrected chi connectivity index (χ2v) is 8.85. The molecule has 8 nitrogen and oxygen atoms in total. The third-order valence-corrected chi connectivity index (χ3v) is 6.06. The van der Waals surface area contributed by atoms with Gasteiger partial charge >= 0.3 is 5.97 Å². The number of nitrogens with one attached hydrogen (secondary N) is 1. The Labute approximate surface area is 222 Å². The smallest absolute Gasteiger partial charge is 0.333 e. The number of benzene rings is 4. The summed E-state index contributed by atoms with van der Waals surface area (Å²) in [5, 5.41) is 21.6. The van der Waals surface area contributed by atoms with Crippen molar-refractivity contribution in [1.82, 2.24) is 20.0 Å². The molecule has 0 saturated heterocycles. The number of rotatable bonds is 5. The van der Waals surface area contributed by atoms with Crippen LogP contribution in [-0.4, -0.2) is 38.2 Å². The minimum atomic E-state index is -0.577. The molecule has 196 valence electrons. The standard InChI is InChI=1S/C18H16FN3O4.C12H9N/c1-10(2)18(24)26-9-11-6-13(25-3)8-16(17(11)23)22-20-14-5-4-12(19)7-15(14)21-22;1-3-7-11-9(5-1)10-6-2-4-8-12(10)13-11/h4-8,23H,1,9H2,2-3H3;1-8,13H. The van der Waals surface area contributed by atoms with Crippen LogP contribution in [0.25, 0.3) is 38.5 Å². The Hall–Kier alpha value is -5.18. The molecule has 2 N–H and O–H groups in total. The van der Waals surface area contributed by atoms with Crippen LogP contribution in [-0.2, 0) is 16.1 Å². The number of hydrogen-bond acceptors (Lipinski definition) is 6. The van der Waals surface area contributed by atoms with Crippen LogP contribution in [0, 0.1) is 5.82 Å². The maximum atomic E-state index is 13.3. The van der Waals surface area contributed by atoms with Gasteiger partial charge in [0.2, 0.25) is 0 Å². The van der Waals surface area contributed by atoms with Gasteiger partial charge in [0.05, 0.1) is 7.11 Å². The van der Waals surface area contributed by atoms with Crippen LogP contribution in [0.1, 0.15) is 12.5 Å². The molecule has 0 aliphatic heterocycles. The van der Waals surface area contributed by atoms with Crippen molar-refractivity contribution in [1.29, 1.82) is 0 Å². The average molecular weight is 525 g/mol. The molecule has 0 fully saturated rings. The number of phenolic OH excluding ortho intramolecular Hbond substituents is 1. The van der Waals surface area contributed by atoms with Gasteiger partial charge in [-0.2, -0.15) is 0 Å². The van der Waals surface area contributed by atoms with Crippen molar-refractivity contribution in [3.05, 3.63) is 102 Å². The SMILES string of the molecule is C=C(C)C(=O)OCc1cc(OC)cc(-n2nc3ccc(F)cc3n2)c1O.c1ccc2c(c1)[nH]c1ccccc12. The average Bonchev–Trinajstić information content (AvgIpc) is 3.53. The van der Waals surface area contributed by atoms with E-state index in [0.717, 1.165) is 0 Å². The summed E-state index contributed by atoms with van der Waals surface area (Å²) in [4.78, 5) is 16.1. The zero-order valence-electron chi connectivity index (χ0n) is 21.3. The number of carbonyl (C=O) groups excluding carboxylic acids is 1. The number of aromatic nitrogens is 4. The Bertz CT molecular complexity index is 1790. The number of esters is 1. The summed E-state index contributed by atoms with van der Waals surface area (Å²) in [5.74, 6) is -0.785. The molecule has 9 heteroatoms. The molecule has 0 aliphatic carbocycles. The quantitative estimate of drug-likeness (QED) is 0.205. The van der Waals surface area contributed by atoms with Crippen molar-refractivity contribution in [2.45, 2.75) is 13.5 Å². The molecule has 6 rings (SSSR count). The lowest BCUT2D eigenvalue weighted by Gasteiger charge is -2.12. The van der Waals surface area contributed by atoms with Gasteiger partial charge in [-0.1, -0.05) is 43.0 Å². The number of para-hydroxylation sites is 2. The summed E-state index contributed by atoms with van der Waals surface area (Å²) < 4.78 is 23.7. The number of hydrogen-bond donors (Lipinski definition) is 2. The molecular formula is C30H25FN4O4. The first-order valence-corrected chi connectivity index (χ1v) is 12.0. The first kappa shape index (κ1) is 25.5. The van der Waals surface area contributed by atoms with Gasteiger partial charge in [-0.25, -0.2) is 9.18 Å². The van der Waals surface area contributed by atoms with E-state index in [1.54, 1.807) is 0 Å². The summed E-state index contributed by atoms with van der Waals surface area (Å²) in [7, 11) is 1.46. The van der Waals surface area contributed by atoms with Gasteiger partial charge in [0.1, 0.15) is 40.6 Å². The van der Waals surface area contributed by atoms with E-state index in [0.29, 0.717) is 22.3 Å². The molecule has 0 atom stereocenters. The van der Waals surface area contributed by atoms with Crippen LogP contribution in [0.2, 0.25) is 0 Å². The van der Waals surface area contributed by atoms with Crippen molar-refractivity contribution in [2.24, 2.45) is 0 Å². The number of aromatic hydroxyl groups is 1. The second kappa shape index (κ2) is 10.7. The van der Waals surface area contributed by atoms with E-state index < -0.39 is 11.8 Å². The summed E-state index contributed by atoms with van der Waals surface area (Å²) >= 11 is 0. The normalized spacial score (nSPS) is 10.8. The van der Waals surface area contributed by atoms with Crippen LogP contribution in [0.15, 0.2) is 91.0 Å². The number of H-pyrrole nitrogens is 1. The number of fused-ring (bicyclic) bond motifs is 4. The highest BCUT2D eigenvalue weighted by Gasteiger charge is 2.17. The van der Waals surface area contributed by atoms with Gasteiger partial charge in [0, 0.05) is 45.1 Å². The predicted octanol–water partition coefficient (Wildman–Crippen LogP) is 6.21. The lowest BCUT2D eigenvalue weighted by Crippen LogP contribution is -2.07. The number of methoxy groups -OCH3 is 1. The van der Waals surface area contributed by atoms with Crippen molar-refractivity contribution >= 4 is 38.8 Å². The number of halogens is 1. The van der Waals surface area contributed by atoms with Crippen LogP contribution in [0.5, 0.6) is 11.5 Å². The maximum Gasteiger partial charge on any atom is 0.333 e. The molecule has 0 amide bonds. The molecule has 0 spiro atoms. The highest BCUT2D eigenvalue weighted by Crippen LogP contribution is 2.32. The van der Waals surface area contributed by atoms with Crippen molar-refractivity contribution in [2.75, 3.05) is 7.11 Å². The van der Waals surface area contributed by atoms with Crippen molar-refractivity contribution in [3.8, 4) is 17.2 Å². The van der Waals surface area contributed by atoms with Crippen molar-refractivity contribution in [3.63, 3.8) is 0 Å².